The van der Waals surface area contributed by atoms with E-state index in [-0.39, 0.29) is 0 Å². The monoisotopic (exact) mass is 189 g/mol. The van der Waals surface area contributed by atoms with Gasteiger partial charge >= 0.3 is 5.97 Å². The highest BCUT2D eigenvalue weighted by Crippen LogP contribution is 2.14. The Morgan fingerprint density at radius 1 is 1.21 bits per heavy atom. The molecule has 0 fully saturated rings. The van der Waals surface area contributed by atoms with E-state index in [4.69, 9.17) is 10.4 Å². The van der Waals surface area contributed by atoms with Gasteiger partial charge in [-0.05, 0) is 0 Å². The Balaban J connectivity index is 3.23. The van der Waals surface area contributed by atoms with Gasteiger partial charge in [-0.15, -0.1) is 0 Å². The van der Waals surface area contributed by atoms with Crippen molar-refractivity contribution in [2.75, 3.05) is 0 Å². The molecule has 0 aliphatic carbocycles. The fourth-order valence-electron chi connectivity index (χ4n) is 0.942. The van der Waals surface area contributed by atoms with E-state index in [1.807, 2.05) is 0 Å². The summed E-state index contributed by atoms with van der Waals surface area (Å²) in [5.74, 6) is -1.95. The molecule has 2 N–H and O–H groups in total. The van der Waals surface area contributed by atoms with E-state index in [1.165, 1.54) is 18.2 Å². The van der Waals surface area contributed by atoms with Gasteiger partial charge in [0.05, 0.1) is 0 Å². The van der Waals surface area contributed by atoms with E-state index in [9.17, 15) is 9.90 Å². The maximum atomic E-state index is 10.5. The van der Waals surface area contributed by atoms with Crippen molar-refractivity contribution in [2.24, 2.45) is 0 Å². The summed E-state index contributed by atoms with van der Waals surface area (Å²) in [6.07, 6.45) is 0. The Labute approximate surface area is 80.3 Å². The number of rotatable bonds is 2. The number of nitrogens with zero attached hydrogens (tertiary/aromatic N) is 1. The zero-order valence-electron chi connectivity index (χ0n) is 7.14. The smallest absolute Gasteiger partial charge is 0.350 e. The van der Waals surface area contributed by atoms with Crippen LogP contribution in [0.15, 0.2) is 35.9 Å². The minimum absolute atomic E-state index is 0.312. The van der Waals surface area contributed by atoms with Crippen LogP contribution in [0.5, 0.6) is 0 Å². The summed E-state index contributed by atoms with van der Waals surface area (Å²) in [5.41, 5.74) is -0.345. The van der Waals surface area contributed by atoms with Crippen LogP contribution in [0.25, 0.3) is 5.76 Å². The van der Waals surface area contributed by atoms with Gasteiger partial charge < -0.3 is 10.2 Å². The Kier molecular flexibility index (Phi) is 2.87. The zero-order chi connectivity index (χ0) is 10.6. The molecule has 0 bridgehead atoms. The van der Waals surface area contributed by atoms with E-state index in [1.54, 1.807) is 18.2 Å². The Morgan fingerprint density at radius 3 is 2.21 bits per heavy atom. The topological polar surface area (TPSA) is 81.3 Å². The normalized spacial score (nSPS) is 11.4. The average molecular weight is 189 g/mol. The van der Waals surface area contributed by atoms with Gasteiger partial charge in [0.2, 0.25) is 0 Å². The van der Waals surface area contributed by atoms with Gasteiger partial charge in [0.15, 0.2) is 5.57 Å². The van der Waals surface area contributed by atoms with E-state index in [2.05, 4.69) is 0 Å². The third-order valence-corrected chi connectivity index (χ3v) is 1.61. The van der Waals surface area contributed by atoms with Crippen molar-refractivity contribution in [3.8, 4) is 6.07 Å². The van der Waals surface area contributed by atoms with Gasteiger partial charge in [-0.2, -0.15) is 5.26 Å². The standard InChI is InChI=1S/C10H7NO3/c11-6-8(10(13)14)9(12)7-4-2-1-3-5-7/h1-5,12H,(H,13,14)/b9-8-. The number of hydrogen-bond acceptors (Lipinski definition) is 3. The average Bonchev–Trinajstić information content (AvgIpc) is 2.19. The summed E-state index contributed by atoms with van der Waals surface area (Å²) in [5, 5.41) is 26.5. The molecule has 14 heavy (non-hydrogen) atoms. The third kappa shape index (κ3) is 1.90. The molecule has 0 aliphatic heterocycles. The minimum atomic E-state index is -1.44. The number of aliphatic carboxylic acids is 1. The molecular weight excluding hydrogens is 182 g/mol. The molecule has 0 aliphatic rings. The molecule has 70 valence electrons. The van der Waals surface area contributed by atoms with Gasteiger partial charge in [-0.25, -0.2) is 4.79 Å². The number of aliphatic hydroxyl groups is 1. The second kappa shape index (κ2) is 4.10. The number of benzene rings is 1. The first-order chi connectivity index (χ1) is 6.66. The summed E-state index contributed by atoms with van der Waals surface area (Å²) in [6.45, 7) is 0. The van der Waals surface area contributed by atoms with Crippen LogP contribution < -0.4 is 0 Å². The van der Waals surface area contributed by atoms with Gasteiger partial charge in [-0.3, -0.25) is 0 Å². The SMILES string of the molecule is N#C/C(C(=O)O)=C(/O)c1ccccc1. The van der Waals surface area contributed by atoms with Gasteiger partial charge in [0.1, 0.15) is 11.8 Å². The zero-order valence-corrected chi connectivity index (χ0v) is 7.14. The summed E-state index contributed by atoms with van der Waals surface area (Å²) in [4.78, 5) is 10.5. The molecule has 0 radical (unpaired) electrons. The molecule has 1 aromatic rings. The second-order valence-electron chi connectivity index (χ2n) is 2.51. The number of aliphatic hydroxyl groups excluding tert-OH is 1. The lowest BCUT2D eigenvalue weighted by Crippen LogP contribution is -2.02. The first-order valence-corrected chi connectivity index (χ1v) is 3.79. The molecule has 0 atom stereocenters. The third-order valence-electron chi connectivity index (χ3n) is 1.61. The Hall–Kier alpha value is -2.28. The highest BCUT2D eigenvalue weighted by atomic mass is 16.4. The first kappa shape index (κ1) is 9.81. The van der Waals surface area contributed by atoms with Crippen LogP contribution in [0.2, 0.25) is 0 Å². The predicted octanol–water partition coefficient (Wildman–Crippen LogP) is 1.56. The van der Waals surface area contributed by atoms with E-state index in [0.29, 0.717) is 5.56 Å². The van der Waals surface area contributed by atoms with Crippen LogP contribution >= 0.6 is 0 Å². The van der Waals surface area contributed by atoms with E-state index >= 15 is 0 Å². The van der Waals surface area contributed by atoms with Crippen molar-refractivity contribution in [3.63, 3.8) is 0 Å². The molecular formula is C10H7NO3. The highest BCUT2D eigenvalue weighted by molar-refractivity contribution is 5.98. The fraction of sp³-hybridized carbons (Fsp3) is 0. The Morgan fingerprint density at radius 2 is 1.79 bits per heavy atom. The lowest BCUT2D eigenvalue weighted by atomic mass is 10.1. The quantitative estimate of drug-likeness (QED) is 0.420. The maximum absolute atomic E-state index is 10.5. The number of carbonyl (C=O) groups is 1. The van der Waals surface area contributed by atoms with Gasteiger partial charge in [-0.1, -0.05) is 30.3 Å². The van der Waals surface area contributed by atoms with Crippen LogP contribution in [-0.4, -0.2) is 16.2 Å². The van der Waals surface area contributed by atoms with Crippen molar-refractivity contribution in [1.29, 1.82) is 5.26 Å². The lowest BCUT2D eigenvalue weighted by molar-refractivity contribution is -0.132. The number of carboxylic acid groups (broad SMARTS) is 1. The van der Waals surface area contributed by atoms with Crippen LogP contribution in [0.3, 0.4) is 0 Å². The summed E-state index contributed by atoms with van der Waals surface area (Å²) >= 11 is 0. The second-order valence-corrected chi connectivity index (χ2v) is 2.51. The van der Waals surface area contributed by atoms with Crippen LogP contribution in [0.1, 0.15) is 5.56 Å². The van der Waals surface area contributed by atoms with Crippen molar-refractivity contribution in [2.45, 2.75) is 0 Å². The first-order valence-electron chi connectivity index (χ1n) is 3.79. The molecule has 0 unspecified atom stereocenters. The molecule has 0 heterocycles. The fourth-order valence-corrected chi connectivity index (χ4v) is 0.942. The van der Waals surface area contributed by atoms with Crippen molar-refractivity contribution >= 4 is 11.7 Å². The molecule has 0 saturated carbocycles. The largest absolute Gasteiger partial charge is 0.506 e. The maximum Gasteiger partial charge on any atom is 0.350 e. The van der Waals surface area contributed by atoms with Crippen LogP contribution in [0.4, 0.5) is 0 Å². The number of nitriles is 1. The lowest BCUT2D eigenvalue weighted by Gasteiger charge is -1.99. The van der Waals surface area contributed by atoms with Crippen molar-refractivity contribution in [3.05, 3.63) is 41.5 Å². The summed E-state index contributed by atoms with van der Waals surface area (Å²) < 4.78 is 0. The summed E-state index contributed by atoms with van der Waals surface area (Å²) in [6, 6.07) is 9.49. The van der Waals surface area contributed by atoms with Gasteiger partial charge in [0, 0.05) is 5.56 Å². The predicted molar refractivity (Wildman–Crippen MR) is 49.2 cm³/mol. The molecule has 1 aromatic carbocycles. The molecule has 0 aromatic heterocycles. The van der Waals surface area contributed by atoms with E-state index in [0.717, 1.165) is 0 Å². The highest BCUT2D eigenvalue weighted by Gasteiger charge is 2.14. The summed E-state index contributed by atoms with van der Waals surface area (Å²) in [7, 11) is 0. The number of hydrogen-bond donors (Lipinski definition) is 2. The minimum Gasteiger partial charge on any atom is -0.506 e. The van der Waals surface area contributed by atoms with Crippen molar-refractivity contribution < 1.29 is 15.0 Å². The molecule has 0 saturated heterocycles. The van der Waals surface area contributed by atoms with Crippen LogP contribution in [0, 0.1) is 11.3 Å². The molecule has 0 spiro atoms. The van der Waals surface area contributed by atoms with Gasteiger partial charge in [0.25, 0.3) is 0 Å². The molecule has 1 rings (SSSR count). The molecule has 4 heteroatoms. The molecule has 4 nitrogen and oxygen atoms in total. The van der Waals surface area contributed by atoms with Crippen LogP contribution in [-0.2, 0) is 4.79 Å². The molecule has 0 amide bonds. The van der Waals surface area contributed by atoms with E-state index < -0.39 is 17.3 Å². The van der Waals surface area contributed by atoms with Crippen molar-refractivity contribution in [1.82, 2.24) is 0 Å². The number of carboxylic acids is 1. The Bertz CT molecular complexity index is 415.